The molecule has 2 aliphatic rings. The number of nitrogens with one attached hydrogen (secondary N) is 2. The number of hydrogen-bond acceptors (Lipinski definition) is 3. The lowest BCUT2D eigenvalue weighted by atomic mass is 9.95. The average molecular weight is 304 g/mol. The van der Waals surface area contributed by atoms with Crippen molar-refractivity contribution in [3.63, 3.8) is 0 Å². The summed E-state index contributed by atoms with van der Waals surface area (Å²) in [6.45, 7) is 3.81. The number of amides is 1. The Hall–Kier alpha value is -0.320. The fraction of sp³-hybridized carbons (Fsp3) is 0.933. The molecule has 5 heteroatoms. The molecule has 2 fully saturated rings. The van der Waals surface area contributed by atoms with Gasteiger partial charge < -0.3 is 10.6 Å². The Morgan fingerprint density at radius 2 is 1.90 bits per heavy atom. The minimum atomic E-state index is 0. The van der Waals surface area contributed by atoms with Gasteiger partial charge in [-0.05, 0) is 51.7 Å². The maximum atomic E-state index is 12.1. The zero-order valence-electron chi connectivity index (χ0n) is 12.7. The fourth-order valence-electron chi connectivity index (χ4n) is 3.47. The van der Waals surface area contributed by atoms with Crippen LogP contribution in [-0.2, 0) is 4.79 Å². The first kappa shape index (κ1) is 17.7. The number of likely N-dealkylation sites (tertiary alicyclic amines) is 1. The first-order valence-electron chi connectivity index (χ1n) is 7.94. The Labute approximate surface area is 129 Å². The maximum absolute atomic E-state index is 12.1. The third-order valence-electron chi connectivity index (χ3n) is 4.43. The van der Waals surface area contributed by atoms with Crippen LogP contribution in [0.4, 0.5) is 0 Å². The van der Waals surface area contributed by atoms with Crippen LogP contribution < -0.4 is 10.6 Å². The van der Waals surface area contributed by atoms with Gasteiger partial charge >= 0.3 is 0 Å². The van der Waals surface area contributed by atoms with Gasteiger partial charge in [0.1, 0.15) is 0 Å². The van der Waals surface area contributed by atoms with Crippen molar-refractivity contribution in [1.29, 1.82) is 0 Å². The van der Waals surface area contributed by atoms with Crippen LogP contribution in [0.15, 0.2) is 0 Å². The lowest BCUT2D eigenvalue weighted by molar-refractivity contribution is -0.123. The van der Waals surface area contributed by atoms with E-state index >= 15 is 0 Å². The van der Waals surface area contributed by atoms with Crippen LogP contribution >= 0.6 is 12.4 Å². The molecule has 0 aromatic heterocycles. The van der Waals surface area contributed by atoms with E-state index in [1.165, 1.54) is 44.9 Å². The highest BCUT2D eigenvalue weighted by atomic mass is 35.5. The highest BCUT2D eigenvalue weighted by molar-refractivity contribution is 5.85. The number of rotatable bonds is 5. The summed E-state index contributed by atoms with van der Waals surface area (Å²) in [5.74, 6) is 0.943. The number of hydrogen-bond donors (Lipinski definition) is 2. The van der Waals surface area contributed by atoms with Crippen molar-refractivity contribution in [2.45, 2.75) is 51.0 Å². The number of nitrogens with zero attached hydrogens (tertiary/aromatic N) is 1. The maximum Gasteiger partial charge on any atom is 0.234 e. The summed E-state index contributed by atoms with van der Waals surface area (Å²) in [6, 6.07) is 0.444. The zero-order valence-corrected chi connectivity index (χ0v) is 13.5. The van der Waals surface area contributed by atoms with Crippen LogP contribution in [0.1, 0.15) is 44.9 Å². The molecule has 1 aliphatic heterocycles. The van der Waals surface area contributed by atoms with E-state index in [4.69, 9.17) is 0 Å². The van der Waals surface area contributed by atoms with Crippen molar-refractivity contribution in [3.05, 3.63) is 0 Å². The van der Waals surface area contributed by atoms with Crippen molar-refractivity contribution in [2.75, 3.05) is 33.2 Å². The van der Waals surface area contributed by atoms with Gasteiger partial charge in [0.05, 0.1) is 6.54 Å². The number of carbonyl (C=O) groups excluding carboxylic acids is 1. The van der Waals surface area contributed by atoms with Gasteiger partial charge in [0.15, 0.2) is 0 Å². The molecule has 1 aliphatic carbocycles. The molecule has 0 aromatic carbocycles. The highest BCUT2D eigenvalue weighted by Crippen LogP contribution is 2.18. The third-order valence-corrected chi connectivity index (χ3v) is 4.43. The first-order valence-corrected chi connectivity index (χ1v) is 7.94. The summed E-state index contributed by atoms with van der Waals surface area (Å²) < 4.78 is 0. The largest absolute Gasteiger partial charge is 0.352 e. The summed E-state index contributed by atoms with van der Waals surface area (Å²) in [6.07, 6.45) is 8.76. The molecule has 1 heterocycles. The lowest BCUT2D eigenvalue weighted by Gasteiger charge is -2.32. The SMILES string of the molecule is CNCC1CCCN(CC(=O)NC2CCCCC2)C1.Cl. The number of piperidine rings is 1. The van der Waals surface area contributed by atoms with Gasteiger partial charge in [-0.25, -0.2) is 0 Å². The second-order valence-corrected chi connectivity index (χ2v) is 6.20. The predicted molar refractivity (Wildman–Crippen MR) is 85.4 cm³/mol. The Morgan fingerprint density at radius 1 is 1.15 bits per heavy atom. The summed E-state index contributed by atoms with van der Waals surface area (Å²) in [4.78, 5) is 14.4. The van der Waals surface area contributed by atoms with E-state index in [-0.39, 0.29) is 18.3 Å². The fourth-order valence-corrected chi connectivity index (χ4v) is 3.47. The van der Waals surface area contributed by atoms with Gasteiger partial charge in [-0.3, -0.25) is 9.69 Å². The van der Waals surface area contributed by atoms with E-state index in [0.717, 1.165) is 19.6 Å². The molecule has 1 amide bonds. The second-order valence-electron chi connectivity index (χ2n) is 6.20. The number of carbonyl (C=O) groups is 1. The minimum absolute atomic E-state index is 0. The van der Waals surface area contributed by atoms with Gasteiger partial charge in [-0.1, -0.05) is 19.3 Å². The van der Waals surface area contributed by atoms with Crippen LogP contribution in [0.3, 0.4) is 0 Å². The third kappa shape index (κ3) is 5.98. The molecule has 1 saturated carbocycles. The van der Waals surface area contributed by atoms with Gasteiger partial charge in [0.25, 0.3) is 0 Å². The Morgan fingerprint density at radius 3 is 2.60 bits per heavy atom. The Bertz CT molecular complexity index is 280. The summed E-state index contributed by atoms with van der Waals surface area (Å²) in [5.41, 5.74) is 0. The molecule has 1 unspecified atom stereocenters. The lowest BCUT2D eigenvalue weighted by Crippen LogP contribution is -2.46. The summed E-state index contributed by atoms with van der Waals surface area (Å²) in [5, 5.41) is 6.47. The molecule has 0 radical (unpaired) electrons. The van der Waals surface area contributed by atoms with E-state index in [0.29, 0.717) is 18.5 Å². The van der Waals surface area contributed by atoms with Crippen LogP contribution in [0.5, 0.6) is 0 Å². The normalized spacial score (nSPS) is 24.9. The standard InChI is InChI=1S/C15H29N3O.ClH/c1-16-10-13-6-5-9-18(11-13)12-15(19)17-14-7-3-2-4-8-14;/h13-14,16H,2-12H2,1H3,(H,17,19);1H. The van der Waals surface area contributed by atoms with Crippen molar-refractivity contribution >= 4 is 18.3 Å². The second kappa shape index (κ2) is 9.59. The molecule has 20 heavy (non-hydrogen) atoms. The molecule has 2 rings (SSSR count). The van der Waals surface area contributed by atoms with E-state index in [1.54, 1.807) is 0 Å². The summed E-state index contributed by atoms with van der Waals surface area (Å²) in [7, 11) is 2.01. The molecule has 1 saturated heterocycles. The van der Waals surface area contributed by atoms with Crippen molar-refractivity contribution < 1.29 is 4.79 Å². The molecular formula is C15H30ClN3O. The molecule has 0 aromatic rings. The van der Waals surface area contributed by atoms with Gasteiger partial charge in [0.2, 0.25) is 5.91 Å². The van der Waals surface area contributed by atoms with Crippen LogP contribution in [0.25, 0.3) is 0 Å². The van der Waals surface area contributed by atoms with Gasteiger partial charge in [0, 0.05) is 12.6 Å². The van der Waals surface area contributed by atoms with E-state index < -0.39 is 0 Å². The Kier molecular flexibility index (Phi) is 8.50. The number of halogens is 1. The van der Waals surface area contributed by atoms with Crippen molar-refractivity contribution in [2.24, 2.45) is 5.92 Å². The Balaban J connectivity index is 0.00000200. The van der Waals surface area contributed by atoms with Crippen LogP contribution in [0, 0.1) is 5.92 Å². The van der Waals surface area contributed by atoms with Gasteiger partial charge in [-0.15, -0.1) is 12.4 Å². The van der Waals surface area contributed by atoms with Crippen molar-refractivity contribution in [1.82, 2.24) is 15.5 Å². The zero-order chi connectivity index (χ0) is 13.5. The van der Waals surface area contributed by atoms with Crippen molar-refractivity contribution in [3.8, 4) is 0 Å². The predicted octanol–water partition coefficient (Wildman–Crippen LogP) is 1.79. The minimum Gasteiger partial charge on any atom is -0.352 e. The van der Waals surface area contributed by atoms with Crippen LogP contribution in [0.2, 0.25) is 0 Å². The molecule has 118 valence electrons. The first-order chi connectivity index (χ1) is 9.28. The molecule has 1 atom stereocenters. The van der Waals surface area contributed by atoms with E-state index in [2.05, 4.69) is 15.5 Å². The van der Waals surface area contributed by atoms with Crippen LogP contribution in [-0.4, -0.2) is 50.1 Å². The molecular weight excluding hydrogens is 274 g/mol. The monoisotopic (exact) mass is 303 g/mol. The molecule has 2 N–H and O–H groups in total. The van der Waals surface area contributed by atoms with E-state index in [9.17, 15) is 4.79 Å². The highest BCUT2D eigenvalue weighted by Gasteiger charge is 2.22. The molecule has 0 bridgehead atoms. The quantitative estimate of drug-likeness (QED) is 0.814. The molecule has 0 spiro atoms. The summed E-state index contributed by atoms with van der Waals surface area (Å²) >= 11 is 0. The van der Waals surface area contributed by atoms with Gasteiger partial charge in [-0.2, -0.15) is 0 Å². The van der Waals surface area contributed by atoms with E-state index in [1.807, 2.05) is 7.05 Å². The smallest absolute Gasteiger partial charge is 0.234 e. The topological polar surface area (TPSA) is 44.4 Å². The average Bonchev–Trinajstić information content (AvgIpc) is 2.40. The molecule has 4 nitrogen and oxygen atoms in total.